The van der Waals surface area contributed by atoms with E-state index in [0.717, 1.165) is 103 Å². The summed E-state index contributed by atoms with van der Waals surface area (Å²) in [5.74, 6) is -1.20. The summed E-state index contributed by atoms with van der Waals surface area (Å²) in [6, 6.07) is -1.03. The molecule has 0 aromatic rings. The molecular formula is C72H127NO10. The lowest BCUT2D eigenvalue weighted by Crippen LogP contribution is -2.61. The molecule has 480 valence electrons. The van der Waals surface area contributed by atoms with E-state index in [9.17, 15) is 35.1 Å². The van der Waals surface area contributed by atoms with Gasteiger partial charge in [-0.25, -0.2) is 0 Å². The highest BCUT2D eigenvalue weighted by Gasteiger charge is 2.47. The Morgan fingerprint density at radius 2 is 0.916 bits per heavy atom. The molecule has 1 aliphatic heterocycles. The molecule has 0 aromatic heterocycles. The summed E-state index contributed by atoms with van der Waals surface area (Å²) in [6.45, 7) is 5.65. The topological polar surface area (TPSA) is 175 Å². The third kappa shape index (κ3) is 46.7. The maximum absolute atomic E-state index is 13.5. The molecule has 1 saturated heterocycles. The van der Waals surface area contributed by atoms with Crippen molar-refractivity contribution in [1.29, 1.82) is 0 Å². The van der Waals surface area contributed by atoms with Gasteiger partial charge in [0.1, 0.15) is 24.4 Å². The number of unbranched alkanes of at least 4 members (excludes halogenated alkanes) is 34. The number of carbonyl (C=O) groups is 2. The van der Waals surface area contributed by atoms with Gasteiger partial charge in [0, 0.05) is 6.42 Å². The van der Waals surface area contributed by atoms with Crippen molar-refractivity contribution in [3.8, 4) is 0 Å². The van der Waals surface area contributed by atoms with Gasteiger partial charge in [-0.3, -0.25) is 9.59 Å². The van der Waals surface area contributed by atoms with Crippen molar-refractivity contribution in [2.75, 3.05) is 13.2 Å². The van der Waals surface area contributed by atoms with E-state index in [0.29, 0.717) is 12.8 Å². The lowest BCUT2D eigenvalue weighted by atomic mass is 9.99. The SMILES string of the molecule is CC/C=C/C=C/C=C/CCCCCCCCCC(=O)OC1C(OCC(NC(=O)C(O)CCCCCCCCCCCCCCC/C=C\C/C=C\C/C=C\CCCCC)C(O)/C=C/CCCCCCCCCCCCC)OC(CO)C(O)C1O. The molecule has 11 heteroatoms. The molecule has 0 saturated carbocycles. The first-order valence-corrected chi connectivity index (χ1v) is 34.4. The Hall–Kier alpha value is -3.16. The molecule has 8 unspecified atom stereocenters. The molecule has 1 rings (SSSR count). The van der Waals surface area contributed by atoms with Crippen LogP contribution < -0.4 is 5.32 Å². The number of esters is 1. The van der Waals surface area contributed by atoms with Crippen LogP contribution >= 0.6 is 0 Å². The average Bonchev–Trinajstić information content (AvgIpc) is 3.54. The van der Waals surface area contributed by atoms with E-state index >= 15 is 0 Å². The third-order valence-corrected chi connectivity index (χ3v) is 15.8. The van der Waals surface area contributed by atoms with Crippen LogP contribution in [0.1, 0.15) is 297 Å². The summed E-state index contributed by atoms with van der Waals surface area (Å²) >= 11 is 0. The standard InChI is InChI=1S/C72H127NO10/c1-4-7-10-13-16-19-22-25-27-28-29-30-31-32-33-34-35-36-37-39-41-44-47-50-53-56-59-65(76)71(80)73-63(64(75)58-55-52-49-46-43-40-24-21-18-15-12-9-6-3)62-81-72-70(69(79)68(78)66(61-74)82-72)83-67(77)60-57-54-51-48-45-42-38-26-23-20-17-14-11-8-5-2/h8,11,14,16-17,19-20,23,25,27,29-30,55,58,63-66,68-70,72,74-76,78-79H,4-7,9-10,12-13,15,18,21-22,24,26,28,31-54,56-57,59-62H2,1-3H3,(H,73,80)/b11-8+,17-14+,19-16-,23-20+,27-25-,30-29-,58-55+. The fourth-order valence-corrected chi connectivity index (χ4v) is 10.4. The van der Waals surface area contributed by atoms with Gasteiger partial charge >= 0.3 is 5.97 Å². The average molecular weight is 1170 g/mol. The van der Waals surface area contributed by atoms with Crippen LogP contribution in [-0.4, -0.2) is 99.6 Å². The van der Waals surface area contributed by atoms with E-state index in [4.69, 9.17) is 14.2 Å². The van der Waals surface area contributed by atoms with E-state index in [2.05, 4.69) is 92.9 Å². The maximum atomic E-state index is 13.5. The Bertz CT molecular complexity index is 1670. The number of aliphatic hydroxyl groups excluding tert-OH is 5. The van der Waals surface area contributed by atoms with Crippen LogP contribution in [0.5, 0.6) is 0 Å². The molecule has 1 amide bonds. The highest BCUT2D eigenvalue weighted by atomic mass is 16.7. The van der Waals surface area contributed by atoms with E-state index in [1.54, 1.807) is 6.08 Å². The first-order chi connectivity index (χ1) is 40.7. The van der Waals surface area contributed by atoms with Crippen LogP contribution in [0.15, 0.2) is 85.1 Å². The number of ether oxygens (including phenoxy) is 3. The van der Waals surface area contributed by atoms with Crippen LogP contribution in [0, 0.1) is 0 Å². The van der Waals surface area contributed by atoms with Crippen LogP contribution in [0.3, 0.4) is 0 Å². The van der Waals surface area contributed by atoms with E-state index < -0.39 is 67.4 Å². The lowest BCUT2D eigenvalue weighted by Gasteiger charge is -2.41. The van der Waals surface area contributed by atoms with Gasteiger partial charge in [0.25, 0.3) is 0 Å². The summed E-state index contributed by atoms with van der Waals surface area (Å²) in [4.78, 5) is 26.6. The van der Waals surface area contributed by atoms with Gasteiger partial charge in [-0.15, -0.1) is 0 Å². The summed E-state index contributed by atoms with van der Waals surface area (Å²) in [5.41, 5.74) is 0. The number of aliphatic hydroxyl groups is 5. The number of allylic oxidation sites excluding steroid dienone is 13. The molecule has 0 spiro atoms. The van der Waals surface area contributed by atoms with Crippen molar-refractivity contribution in [2.24, 2.45) is 0 Å². The highest BCUT2D eigenvalue weighted by molar-refractivity contribution is 5.80. The molecule has 6 N–H and O–H groups in total. The molecule has 8 atom stereocenters. The second-order valence-corrected chi connectivity index (χ2v) is 23.6. The van der Waals surface area contributed by atoms with Crippen LogP contribution in [0.2, 0.25) is 0 Å². The van der Waals surface area contributed by atoms with Gasteiger partial charge in [0.05, 0.1) is 25.4 Å². The van der Waals surface area contributed by atoms with Crippen molar-refractivity contribution in [1.82, 2.24) is 5.32 Å². The highest BCUT2D eigenvalue weighted by Crippen LogP contribution is 2.26. The van der Waals surface area contributed by atoms with Crippen molar-refractivity contribution < 1.29 is 49.3 Å². The van der Waals surface area contributed by atoms with Crippen molar-refractivity contribution in [2.45, 2.75) is 346 Å². The van der Waals surface area contributed by atoms with Gasteiger partial charge in [0.15, 0.2) is 12.4 Å². The number of hydrogen-bond donors (Lipinski definition) is 6. The van der Waals surface area contributed by atoms with Crippen LogP contribution in [-0.2, 0) is 23.8 Å². The van der Waals surface area contributed by atoms with Crippen LogP contribution in [0.25, 0.3) is 0 Å². The zero-order valence-corrected chi connectivity index (χ0v) is 53.3. The molecule has 1 heterocycles. The minimum Gasteiger partial charge on any atom is -0.454 e. The number of amides is 1. The molecular weight excluding hydrogens is 1040 g/mol. The summed E-state index contributed by atoms with van der Waals surface area (Å²) < 4.78 is 17.6. The Kier molecular flexibility index (Phi) is 55.5. The molecule has 0 aliphatic carbocycles. The zero-order valence-electron chi connectivity index (χ0n) is 53.3. The van der Waals surface area contributed by atoms with Gasteiger partial charge < -0.3 is 45.1 Å². The molecule has 0 aromatic carbocycles. The van der Waals surface area contributed by atoms with E-state index in [1.165, 1.54) is 148 Å². The molecule has 0 radical (unpaired) electrons. The maximum Gasteiger partial charge on any atom is 0.306 e. The Balaban J connectivity index is 2.59. The van der Waals surface area contributed by atoms with E-state index in [1.807, 2.05) is 12.2 Å². The fourth-order valence-electron chi connectivity index (χ4n) is 10.4. The van der Waals surface area contributed by atoms with Gasteiger partial charge in [0.2, 0.25) is 5.91 Å². The minimum absolute atomic E-state index is 0.108. The van der Waals surface area contributed by atoms with Crippen molar-refractivity contribution >= 4 is 11.9 Å². The number of nitrogens with one attached hydrogen (secondary N) is 1. The van der Waals surface area contributed by atoms with Crippen LogP contribution in [0.4, 0.5) is 0 Å². The molecule has 83 heavy (non-hydrogen) atoms. The number of rotatable bonds is 58. The third-order valence-electron chi connectivity index (χ3n) is 15.8. The largest absolute Gasteiger partial charge is 0.454 e. The first-order valence-electron chi connectivity index (χ1n) is 34.4. The minimum atomic E-state index is -1.62. The Morgan fingerprint density at radius 1 is 0.494 bits per heavy atom. The lowest BCUT2D eigenvalue weighted by molar-refractivity contribution is -0.305. The van der Waals surface area contributed by atoms with E-state index in [-0.39, 0.29) is 19.4 Å². The smallest absolute Gasteiger partial charge is 0.306 e. The fraction of sp³-hybridized carbons (Fsp3) is 0.778. The summed E-state index contributed by atoms with van der Waals surface area (Å²) in [7, 11) is 0. The quantitative estimate of drug-likeness (QED) is 0.0149. The Morgan fingerprint density at radius 3 is 1.42 bits per heavy atom. The van der Waals surface area contributed by atoms with Gasteiger partial charge in [-0.2, -0.15) is 0 Å². The number of carbonyl (C=O) groups excluding carboxylic acids is 2. The molecule has 11 nitrogen and oxygen atoms in total. The predicted octanol–water partition coefficient (Wildman–Crippen LogP) is 17.3. The first kappa shape index (κ1) is 77.9. The predicted molar refractivity (Wildman–Crippen MR) is 347 cm³/mol. The van der Waals surface area contributed by atoms with Gasteiger partial charge in [-0.1, -0.05) is 292 Å². The zero-order chi connectivity index (χ0) is 60.3. The normalized spacial score (nSPS) is 19.1. The van der Waals surface area contributed by atoms with Gasteiger partial charge in [-0.05, 0) is 83.5 Å². The number of hydrogen-bond acceptors (Lipinski definition) is 10. The second kappa shape index (κ2) is 59.2. The Labute approximate surface area is 508 Å². The van der Waals surface area contributed by atoms with Crippen molar-refractivity contribution in [3.63, 3.8) is 0 Å². The summed E-state index contributed by atoms with van der Waals surface area (Å²) in [6.07, 6.45) is 67.6. The van der Waals surface area contributed by atoms with Crippen molar-refractivity contribution in [3.05, 3.63) is 85.1 Å². The second-order valence-electron chi connectivity index (χ2n) is 23.6. The molecule has 1 aliphatic rings. The molecule has 1 fully saturated rings. The summed E-state index contributed by atoms with van der Waals surface area (Å²) in [5, 5.41) is 57.2. The molecule has 0 bridgehead atoms. The monoisotopic (exact) mass is 1170 g/mol.